The number of rotatable bonds is 2. The zero-order valence-corrected chi connectivity index (χ0v) is 13.2. The monoisotopic (exact) mass is 321 g/mol. The molecule has 1 atom stereocenters. The molecule has 0 saturated carbocycles. The van der Waals surface area contributed by atoms with Crippen molar-refractivity contribution in [3.05, 3.63) is 28.2 Å². The molecule has 0 aromatic heterocycles. The Bertz CT molecular complexity index is 481. The minimum atomic E-state index is 0.480. The number of hydrogen-bond acceptors (Lipinski definition) is 3. The number of halogens is 1. The fourth-order valence-corrected chi connectivity index (χ4v) is 3.22. The normalized spacial score (nSPS) is 20.9. The van der Waals surface area contributed by atoms with E-state index in [1.54, 1.807) is 0 Å². The molecule has 1 aliphatic rings. The lowest BCUT2D eigenvalue weighted by atomic mass is 10.1. The molecule has 0 bridgehead atoms. The highest BCUT2D eigenvalue weighted by Gasteiger charge is 2.24. The molecule has 102 valence electrons. The van der Waals surface area contributed by atoms with Gasteiger partial charge < -0.3 is 9.80 Å². The van der Waals surface area contributed by atoms with E-state index in [0.717, 1.165) is 48.2 Å². The lowest BCUT2D eigenvalue weighted by Crippen LogP contribution is -2.40. The fraction of sp³-hybridized carbons (Fsp3) is 0.533. The Balaban J connectivity index is 2.38. The van der Waals surface area contributed by atoms with Gasteiger partial charge in [0.1, 0.15) is 6.07 Å². The molecule has 4 heteroatoms. The third kappa shape index (κ3) is 3.10. The molecule has 1 aromatic rings. The van der Waals surface area contributed by atoms with Gasteiger partial charge in [-0.3, -0.25) is 0 Å². The minimum Gasteiger partial charge on any atom is -0.366 e. The SMILES string of the molecule is CCC1CN(C)CCCN1c1cccc(Br)c1C#N. The van der Waals surface area contributed by atoms with E-state index >= 15 is 0 Å². The molecule has 0 radical (unpaired) electrons. The molecule has 0 spiro atoms. The molecule has 0 N–H and O–H groups in total. The summed E-state index contributed by atoms with van der Waals surface area (Å²) in [6.07, 6.45) is 2.24. The Labute approximate surface area is 123 Å². The van der Waals surface area contributed by atoms with Crippen molar-refractivity contribution in [3.63, 3.8) is 0 Å². The summed E-state index contributed by atoms with van der Waals surface area (Å²) in [6, 6.07) is 8.84. The van der Waals surface area contributed by atoms with Crippen LogP contribution in [-0.2, 0) is 0 Å². The van der Waals surface area contributed by atoms with Crippen molar-refractivity contribution < 1.29 is 0 Å². The summed E-state index contributed by atoms with van der Waals surface area (Å²) in [4.78, 5) is 4.80. The highest BCUT2D eigenvalue weighted by atomic mass is 79.9. The second kappa shape index (κ2) is 6.40. The quantitative estimate of drug-likeness (QED) is 0.837. The van der Waals surface area contributed by atoms with Crippen LogP contribution in [0.25, 0.3) is 0 Å². The molecular formula is C15H20BrN3. The lowest BCUT2D eigenvalue weighted by molar-refractivity contribution is 0.328. The van der Waals surface area contributed by atoms with E-state index in [4.69, 9.17) is 0 Å². The van der Waals surface area contributed by atoms with Crippen molar-refractivity contribution in [2.75, 3.05) is 31.6 Å². The average Bonchev–Trinajstić information content (AvgIpc) is 2.59. The second-order valence-electron chi connectivity index (χ2n) is 5.12. The van der Waals surface area contributed by atoms with Crippen LogP contribution >= 0.6 is 15.9 Å². The van der Waals surface area contributed by atoms with Crippen LogP contribution in [0.5, 0.6) is 0 Å². The molecule has 1 unspecified atom stereocenters. The number of anilines is 1. The van der Waals surface area contributed by atoms with Crippen LogP contribution in [0.1, 0.15) is 25.3 Å². The maximum atomic E-state index is 9.39. The second-order valence-corrected chi connectivity index (χ2v) is 5.97. The fourth-order valence-electron chi connectivity index (χ4n) is 2.77. The van der Waals surface area contributed by atoms with Gasteiger partial charge in [0, 0.05) is 23.6 Å². The van der Waals surface area contributed by atoms with Gasteiger partial charge in [0.15, 0.2) is 0 Å². The maximum absolute atomic E-state index is 9.39. The van der Waals surface area contributed by atoms with Crippen molar-refractivity contribution in [1.29, 1.82) is 5.26 Å². The Morgan fingerprint density at radius 3 is 2.89 bits per heavy atom. The number of hydrogen-bond donors (Lipinski definition) is 0. The van der Waals surface area contributed by atoms with Gasteiger partial charge in [-0.15, -0.1) is 0 Å². The molecular weight excluding hydrogens is 302 g/mol. The van der Waals surface area contributed by atoms with Crippen molar-refractivity contribution in [2.45, 2.75) is 25.8 Å². The molecule has 19 heavy (non-hydrogen) atoms. The van der Waals surface area contributed by atoms with Gasteiger partial charge in [-0.2, -0.15) is 5.26 Å². The van der Waals surface area contributed by atoms with Gasteiger partial charge in [-0.1, -0.05) is 13.0 Å². The molecule has 1 saturated heterocycles. The summed E-state index contributed by atoms with van der Waals surface area (Å²) in [7, 11) is 2.18. The van der Waals surface area contributed by atoms with Crippen LogP contribution in [0.4, 0.5) is 5.69 Å². The first-order valence-corrected chi connectivity index (χ1v) is 7.60. The van der Waals surface area contributed by atoms with Crippen LogP contribution in [0.2, 0.25) is 0 Å². The van der Waals surface area contributed by atoms with Gasteiger partial charge in [-0.05, 0) is 54.5 Å². The van der Waals surface area contributed by atoms with Gasteiger partial charge in [0.05, 0.1) is 11.3 Å². The first-order valence-electron chi connectivity index (χ1n) is 6.81. The number of benzene rings is 1. The molecule has 1 aliphatic heterocycles. The molecule has 1 heterocycles. The van der Waals surface area contributed by atoms with Gasteiger partial charge in [-0.25, -0.2) is 0 Å². The third-order valence-corrected chi connectivity index (χ3v) is 4.45. The summed E-state index contributed by atoms with van der Waals surface area (Å²) in [5, 5.41) is 9.39. The van der Waals surface area contributed by atoms with Crippen molar-refractivity contribution in [2.24, 2.45) is 0 Å². The number of likely N-dealkylation sites (N-methyl/N-ethyl adjacent to an activating group) is 1. The summed E-state index contributed by atoms with van der Waals surface area (Å²) in [5.41, 5.74) is 1.82. The van der Waals surface area contributed by atoms with E-state index < -0.39 is 0 Å². The molecule has 1 fully saturated rings. The Hall–Kier alpha value is -1.05. The first kappa shape index (κ1) is 14.4. The van der Waals surface area contributed by atoms with Gasteiger partial charge >= 0.3 is 0 Å². The molecule has 0 aliphatic carbocycles. The van der Waals surface area contributed by atoms with E-state index in [1.165, 1.54) is 0 Å². The standard InChI is InChI=1S/C15H20BrN3/c1-3-12-11-18(2)8-5-9-19(12)15-7-4-6-14(16)13(15)10-17/h4,6-7,12H,3,5,8-9,11H2,1-2H3. The predicted octanol–water partition coefficient (Wildman–Crippen LogP) is 3.24. The van der Waals surface area contributed by atoms with E-state index in [1.807, 2.05) is 12.1 Å². The van der Waals surface area contributed by atoms with Crippen molar-refractivity contribution in [3.8, 4) is 6.07 Å². The van der Waals surface area contributed by atoms with Crippen molar-refractivity contribution >= 4 is 21.6 Å². The number of nitriles is 1. The Kier molecular flexibility index (Phi) is 4.84. The van der Waals surface area contributed by atoms with E-state index in [-0.39, 0.29) is 0 Å². The van der Waals surface area contributed by atoms with Crippen molar-refractivity contribution in [1.82, 2.24) is 4.90 Å². The minimum absolute atomic E-state index is 0.480. The van der Waals surface area contributed by atoms with Crippen LogP contribution in [0.15, 0.2) is 22.7 Å². The molecule has 3 nitrogen and oxygen atoms in total. The summed E-state index contributed by atoms with van der Waals surface area (Å²) < 4.78 is 0.889. The zero-order chi connectivity index (χ0) is 13.8. The predicted molar refractivity (Wildman–Crippen MR) is 82.4 cm³/mol. The highest BCUT2D eigenvalue weighted by molar-refractivity contribution is 9.10. The van der Waals surface area contributed by atoms with E-state index in [0.29, 0.717) is 6.04 Å². The Morgan fingerprint density at radius 1 is 1.42 bits per heavy atom. The average molecular weight is 322 g/mol. The van der Waals surface area contributed by atoms with E-state index in [9.17, 15) is 5.26 Å². The topological polar surface area (TPSA) is 30.3 Å². The lowest BCUT2D eigenvalue weighted by Gasteiger charge is -2.33. The summed E-state index contributed by atoms with van der Waals surface area (Å²) >= 11 is 3.49. The van der Waals surface area contributed by atoms with Crippen LogP contribution in [-0.4, -0.2) is 37.6 Å². The molecule has 2 rings (SSSR count). The third-order valence-electron chi connectivity index (χ3n) is 3.79. The van der Waals surface area contributed by atoms with Crippen LogP contribution in [0, 0.1) is 11.3 Å². The van der Waals surface area contributed by atoms with Crippen LogP contribution in [0.3, 0.4) is 0 Å². The summed E-state index contributed by atoms with van der Waals surface area (Å²) in [6.45, 7) is 5.44. The zero-order valence-electron chi connectivity index (χ0n) is 11.6. The van der Waals surface area contributed by atoms with Gasteiger partial charge in [0.2, 0.25) is 0 Å². The van der Waals surface area contributed by atoms with Gasteiger partial charge in [0.25, 0.3) is 0 Å². The van der Waals surface area contributed by atoms with E-state index in [2.05, 4.69) is 51.8 Å². The van der Waals surface area contributed by atoms with Crippen LogP contribution < -0.4 is 4.90 Å². The maximum Gasteiger partial charge on any atom is 0.103 e. The Morgan fingerprint density at radius 2 is 2.21 bits per heavy atom. The summed E-state index contributed by atoms with van der Waals surface area (Å²) in [5.74, 6) is 0. The first-order chi connectivity index (χ1) is 9.17. The highest BCUT2D eigenvalue weighted by Crippen LogP contribution is 2.30. The smallest absolute Gasteiger partial charge is 0.103 e. The number of nitrogens with zero attached hydrogens (tertiary/aromatic N) is 3. The molecule has 1 aromatic carbocycles. The largest absolute Gasteiger partial charge is 0.366 e. The molecule has 0 amide bonds.